The summed E-state index contributed by atoms with van der Waals surface area (Å²) in [5, 5.41) is 5.46. The fraction of sp³-hybridized carbons (Fsp3) is 0.455. The van der Waals surface area contributed by atoms with Gasteiger partial charge in [0, 0.05) is 25.2 Å². The SMILES string of the molecule is CCOc1cc(N2CCOCC2)c(OCC)cc1NC(=O)[C@@H](C)NC(=O)c1ccco1. The van der Waals surface area contributed by atoms with Gasteiger partial charge < -0.3 is 34.2 Å². The van der Waals surface area contributed by atoms with Crippen LogP contribution in [0.25, 0.3) is 0 Å². The van der Waals surface area contributed by atoms with Crippen LogP contribution in [0.15, 0.2) is 34.9 Å². The van der Waals surface area contributed by atoms with Gasteiger partial charge in [-0.05, 0) is 32.9 Å². The Morgan fingerprint density at radius 3 is 2.48 bits per heavy atom. The molecule has 2 N–H and O–H groups in total. The first-order valence-corrected chi connectivity index (χ1v) is 10.4. The van der Waals surface area contributed by atoms with Gasteiger partial charge in [-0.1, -0.05) is 0 Å². The Morgan fingerprint density at radius 1 is 1.13 bits per heavy atom. The van der Waals surface area contributed by atoms with E-state index in [-0.39, 0.29) is 11.7 Å². The van der Waals surface area contributed by atoms with E-state index in [9.17, 15) is 9.59 Å². The number of morpholine rings is 1. The maximum absolute atomic E-state index is 12.8. The number of hydrogen-bond acceptors (Lipinski definition) is 7. The molecule has 0 saturated carbocycles. The van der Waals surface area contributed by atoms with E-state index in [1.54, 1.807) is 19.1 Å². The number of carbonyl (C=O) groups is 2. The largest absolute Gasteiger partial charge is 0.492 e. The zero-order valence-corrected chi connectivity index (χ0v) is 18.1. The third kappa shape index (κ3) is 5.69. The van der Waals surface area contributed by atoms with Crippen molar-refractivity contribution in [3.05, 3.63) is 36.3 Å². The molecule has 2 heterocycles. The van der Waals surface area contributed by atoms with Crippen LogP contribution in [0.5, 0.6) is 11.5 Å². The van der Waals surface area contributed by atoms with Crippen molar-refractivity contribution in [1.82, 2.24) is 5.32 Å². The van der Waals surface area contributed by atoms with Crippen molar-refractivity contribution in [2.24, 2.45) is 0 Å². The summed E-state index contributed by atoms with van der Waals surface area (Å²) in [7, 11) is 0. The molecule has 1 saturated heterocycles. The van der Waals surface area contributed by atoms with Crippen LogP contribution in [0, 0.1) is 0 Å². The monoisotopic (exact) mass is 431 g/mol. The molecule has 9 heteroatoms. The van der Waals surface area contributed by atoms with Crippen molar-refractivity contribution in [3.63, 3.8) is 0 Å². The van der Waals surface area contributed by atoms with Crippen LogP contribution in [-0.2, 0) is 9.53 Å². The number of carbonyl (C=O) groups excluding carboxylic acids is 2. The van der Waals surface area contributed by atoms with Crippen LogP contribution in [0.4, 0.5) is 11.4 Å². The number of amides is 2. The quantitative estimate of drug-likeness (QED) is 0.629. The Kier molecular flexibility index (Phi) is 7.77. The lowest BCUT2D eigenvalue weighted by Crippen LogP contribution is -2.41. The topological polar surface area (TPSA) is 102 Å². The second kappa shape index (κ2) is 10.7. The lowest BCUT2D eigenvalue weighted by molar-refractivity contribution is -0.117. The van der Waals surface area contributed by atoms with E-state index >= 15 is 0 Å². The summed E-state index contributed by atoms with van der Waals surface area (Å²) < 4.78 is 22.2. The maximum Gasteiger partial charge on any atom is 0.287 e. The van der Waals surface area contributed by atoms with Crippen molar-refractivity contribution in [3.8, 4) is 11.5 Å². The molecule has 9 nitrogen and oxygen atoms in total. The summed E-state index contributed by atoms with van der Waals surface area (Å²) in [6.07, 6.45) is 1.40. The number of benzene rings is 1. The number of nitrogens with zero attached hydrogens (tertiary/aromatic N) is 1. The smallest absolute Gasteiger partial charge is 0.287 e. The molecule has 2 aromatic rings. The molecule has 1 aliphatic rings. The van der Waals surface area contributed by atoms with Gasteiger partial charge in [0.15, 0.2) is 5.76 Å². The van der Waals surface area contributed by atoms with Crippen molar-refractivity contribution < 1.29 is 28.2 Å². The third-order valence-corrected chi connectivity index (χ3v) is 4.76. The van der Waals surface area contributed by atoms with Gasteiger partial charge >= 0.3 is 0 Å². The minimum absolute atomic E-state index is 0.142. The normalized spacial score (nSPS) is 14.6. The molecule has 0 aliphatic carbocycles. The number of hydrogen-bond donors (Lipinski definition) is 2. The summed E-state index contributed by atoms with van der Waals surface area (Å²) in [5.74, 6) is 0.474. The number of ether oxygens (including phenoxy) is 3. The molecule has 3 rings (SSSR count). The highest BCUT2D eigenvalue weighted by atomic mass is 16.5. The molecule has 0 spiro atoms. The molecule has 1 fully saturated rings. The minimum atomic E-state index is -0.790. The van der Waals surface area contributed by atoms with Gasteiger partial charge in [0.1, 0.15) is 17.5 Å². The molecule has 1 aromatic carbocycles. The Hall–Kier alpha value is -3.20. The zero-order valence-electron chi connectivity index (χ0n) is 18.1. The van der Waals surface area contributed by atoms with Crippen LogP contribution in [-0.4, -0.2) is 57.4 Å². The maximum atomic E-state index is 12.8. The Balaban J connectivity index is 1.80. The van der Waals surface area contributed by atoms with Crippen molar-refractivity contribution in [1.29, 1.82) is 0 Å². The van der Waals surface area contributed by atoms with Crippen LogP contribution in [0.1, 0.15) is 31.3 Å². The number of nitrogens with one attached hydrogen (secondary N) is 2. The van der Waals surface area contributed by atoms with E-state index in [1.165, 1.54) is 12.3 Å². The van der Waals surface area contributed by atoms with Crippen molar-refractivity contribution >= 4 is 23.2 Å². The lowest BCUT2D eigenvalue weighted by atomic mass is 10.2. The first-order valence-electron chi connectivity index (χ1n) is 10.4. The minimum Gasteiger partial charge on any atom is -0.492 e. The van der Waals surface area contributed by atoms with Gasteiger partial charge in [-0.25, -0.2) is 0 Å². The molecule has 1 aromatic heterocycles. The first-order chi connectivity index (χ1) is 15.0. The summed E-state index contributed by atoms with van der Waals surface area (Å²) in [5.41, 5.74) is 1.37. The van der Waals surface area contributed by atoms with E-state index in [2.05, 4.69) is 15.5 Å². The molecule has 0 radical (unpaired) electrons. The molecule has 31 heavy (non-hydrogen) atoms. The zero-order chi connectivity index (χ0) is 22.2. The summed E-state index contributed by atoms with van der Waals surface area (Å²) in [6, 6.07) is 5.99. The molecular weight excluding hydrogens is 402 g/mol. The molecule has 2 amide bonds. The van der Waals surface area contributed by atoms with Crippen LogP contribution >= 0.6 is 0 Å². The number of furan rings is 1. The van der Waals surface area contributed by atoms with E-state index in [4.69, 9.17) is 18.6 Å². The van der Waals surface area contributed by atoms with Gasteiger partial charge in [0.2, 0.25) is 5.91 Å². The Bertz CT molecular complexity index is 878. The molecular formula is C22H29N3O6. The van der Waals surface area contributed by atoms with Gasteiger partial charge in [0.25, 0.3) is 5.91 Å². The molecule has 0 unspecified atom stereocenters. The Labute approximate surface area is 181 Å². The number of anilines is 2. The molecule has 0 bridgehead atoms. The fourth-order valence-corrected chi connectivity index (χ4v) is 3.23. The average Bonchev–Trinajstić information content (AvgIpc) is 3.31. The average molecular weight is 431 g/mol. The molecule has 1 atom stereocenters. The van der Waals surface area contributed by atoms with E-state index < -0.39 is 11.9 Å². The van der Waals surface area contributed by atoms with Gasteiger partial charge in [-0.15, -0.1) is 0 Å². The molecule has 1 aliphatic heterocycles. The molecule has 168 valence electrons. The van der Waals surface area contributed by atoms with E-state index in [0.29, 0.717) is 43.6 Å². The third-order valence-electron chi connectivity index (χ3n) is 4.76. The highest BCUT2D eigenvalue weighted by molar-refractivity contribution is 6.01. The van der Waals surface area contributed by atoms with Crippen molar-refractivity contribution in [2.75, 3.05) is 49.7 Å². The van der Waals surface area contributed by atoms with Crippen LogP contribution < -0.4 is 25.0 Å². The van der Waals surface area contributed by atoms with Gasteiger partial charge in [-0.3, -0.25) is 9.59 Å². The standard InChI is InChI=1S/C22H29N3O6/c1-4-29-19-14-17(25-8-11-28-12-9-25)20(30-5-2)13-16(19)24-21(26)15(3)23-22(27)18-7-6-10-31-18/h6-7,10,13-15H,4-5,8-9,11-12H2,1-3H3,(H,23,27)(H,24,26)/t15-/m1/s1. The highest BCUT2D eigenvalue weighted by Gasteiger charge is 2.23. The first kappa shape index (κ1) is 22.5. The van der Waals surface area contributed by atoms with Crippen molar-refractivity contribution in [2.45, 2.75) is 26.8 Å². The summed E-state index contributed by atoms with van der Waals surface area (Å²) in [4.78, 5) is 27.1. The Morgan fingerprint density at radius 2 is 1.84 bits per heavy atom. The summed E-state index contributed by atoms with van der Waals surface area (Å²) in [6.45, 7) is 9.06. The van der Waals surface area contributed by atoms with Gasteiger partial charge in [-0.2, -0.15) is 0 Å². The van der Waals surface area contributed by atoms with Gasteiger partial charge in [0.05, 0.1) is 44.1 Å². The lowest BCUT2D eigenvalue weighted by Gasteiger charge is -2.31. The van der Waals surface area contributed by atoms with Crippen LogP contribution in [0.3, 0.4) is 0 Å². The van der Waals surface area contributed by atoms with Crippen LogP contribution in [0.2, 0.25) is 0 Å². The second-order valence-corrected chi connectivity index (χ2v) is 6.94. The van der Waals surface area contributed by atoms with E-state index in [0.717, 1.165) is 18.8 Å². The predicted octanol–water partition coefficient (Wildman–Crippen LogP) is 2.67. The number of rotatable bonds is 9. The predicted molar refractivity (Wildman–Crippen MR) is 116 cm³/mol. The highest BCUT2D eigenvalue weighted by Crippen LogP contribution is 2.39. The fourth-order valence-electron chi connectivity index (χ4n) is 3.23. The summed E-state index contributed by atoms with van der Waals surface area (Å²) >= 11 is 0. The second-order valence-electron chi connectivity index (χ2n) is 6.94. The van der Waals surface area contributed by atoms with E-state index in [1.807, 2.05) is 19.9 Å².